The molecule has 0 unspecified atom stereocenters. The van der Waals surface area contributed by atoms with Gasteiger partial charge in [0, 0.05) is 29.2 Å². The molecule has 2 heterocycles. The van der Waals surface area contributed by atoms with E-state index in [0.717, 1.165) is 28.9 Å². The first-order valence-electron chi connectivity index (χ1n) is 12.9. The SMILES string of the molecule is COc1cc(C(=O)N(CCCc2ccccc2)Cc2nc(C(=O)NS(=O)(=O)Nc3ccccn3)cs2)cc(OC)c1C. The standard InChI is InChI=1S/C29H31N5O6S2/c1-20-24(39-2)16-22(17-25(20)40-3)29(36)34(15-9-12-21-10-5-4-6-11-21)18-27-31-23(19-41-27)28(35)33-42(37,38)32-26-13-7-8-14-30-26/h4-8,10-11,13-14,16-17,19H,9,12,15,18H2,1-3H3,(H,30,32)(H,33,35). The van der Waals surface area contributed by atoms with Gasteiger partial charge in [-0.2, -0.15) is 8.42 Å². The van der Waals surface area contributed by atoms with Crippen LogP contribution in [-0.2, 0) is 23.2 Å². The highest BCUT2D eigenvalue weighted by Crippen LogP contribution is 2.30. The normalized spacial score (nSPS) is 11.0. The van der Waals surface area contributed by atoms with Gasteiger partial charge in [0.1, 0.15) is 28.0 Å². The van der Waals surface area contributed by atoms with Crippen LogP contribution < -0.4 is 18.9 Å². The first kappa shape index (κ1) is 30.5. The summed E-state index contributed by atoms with van der Waals surface area (Å²) in [5.74, 6) is -0.0592. The molecule has 2 aromatic carbocycles. The molecule has 2 N–H and O–H groups in total. The third-order valence-electron chi connectivity index (χ3n) is 6.26. The van der Waals surface area contributed by atoms with E-state index in [1.165, 1.54) is 31.9 Å². The highest BCUT2D eigenvalue weighted by Gasteiger charge is 2.23. The number of amides is 2. The number of pyridine rings is 1. The highest BCUT2D eigenvalue weighted by atomic mass is 32.2. The molecule has 0 radical (unpaired) electrons. The smallest absolute Gasteiger partial charge is 0.325 e. The van der Waals surface area contributed by atoms with E-state index in [1.807, 2.05) is 42.0 Å². The Morgan fingerprint density at radius 2 is 1.69 bits per heavy atom. The monoisotopic (exact) mass is 609 g/mol. The summed E-state index contributed by atoms with van der Waals surface area (Å²) >= 11 is 1.15. The van der Waals surface area contributed by atoms with Crippen LogP contribution in [0.1, 0.15) is 43.4 Å². The van der Waals surface area contributed by atoms with E-state index in [4.69, 9.17) is 9.47 Å². The molecule has 0 saturated heterocycles. The summed E-state index contributed by atoms with van der Waals surface area (Å²) in [4.78, 5) is 36.3. The van der Waals surface area contributed by atoms with Crippen molar-refractivity contribution in [2.75, 3.05) is 25.5 Å². The zero-order valence-corrected chi connectivity index (χ0v) is 25.0. The molecule has 4 aromatic rings. The zero-order valence-electron chi connectivity index (χ0n) is 23.4. The number of thiazole rings is 1. The second-order valence-corrected chi connectivity index (χ2v) is 11.6. The highest BCUT2D eigenvalue weighted by molar-refractivity contribution is 7.91. The van der Waals surface area contributed by atoms with Crippen LogP contribution >= 0.6 is 11.3 Å². The number of carbonyl (C=O) groups excluding carboxylic acids is 2. The van der Waals surface area contributed by atoms with Crippen LogP contribution in [0, 0.1) is 6.92 Å². The Morgan fingerprint density at radius 3 is 2.33 bits per heavy atom. The summed E-state index contributed by atoms with van der Waals surface area (Å²) < 4.78 is 39.8. The van der Waals surface area contributed by atoms with E-state index >= 15 is 0 Å². The summed E-state index contributed by atoms with van der Waals surface area (Å²) in [6.07, 6.45) is 2.87. The molecule has 11 nitrogen and oxygen atoms in total. The number of nitrogens with zero attached hydrogens (tertiary/aromatic N) is 3. The molecule has 0 bridgehead atoms. The van der Waals surface area contributed by atoms with Gasteiger partial charge in [0.15, 0.2) is 0 Å². The van der Waals surface area contributed by atoms with E-state index in [2.05, 4.69) is 14.7 Å². The molecular weight excluding hydrogens is 578 g/mol. The van der Waals surface area contributed by atoms with Crippen molar-refractivity contribution in [2.45, 2.75) is 26.3 Å². The Bertz CT molecular complexity index is 1600. The number of anilines is 1. The van der Waals surface area contributed by atoms with Crippen molar-refractivity contribution in [2.24, 2.45) is 0 Å². The van der Waals surface area contributed by atoms with E-state index in [1.54, 1.807) is 29.2 Å². The first-order valence-corrected chi connectivity index (χ1v) is 15.3. The molecule has 4 rings (SSSR count). The molecule has 2 aromatic heterocycles. The van der Waals surface area contributed by atoms with E-state index < -0.39 is 16.1 Å². The molecule has 13 heteroatoms. The Hall–Kier alpha value is -4.49. The minimum atomic E-state index is -4.24. The third-order valence-corrected chi connectivity index (χ3v) is 8.03. The van der Waals surface area contributed by atoms with Crippen molar-refractivity contribution in [3.05, 3.63) is 99.6 Å². The van der Waals surface area contributed by atoms with Crippen LogP contribution in [0.3, 0.4) is 0 Å². The van der Waals surface area contributed by atoms with Gasteiger partial charge in [-0.25, -0.2) is 14.7 Å². The topological polar surface area (TPSA) is 140 Å². The lowest BCUT2D eigenvalue weighted by atomic mass is 10.1. The largest absolute Gasteiger partial charge is 0.496 e. The molecule has 0 fully saturated rings. The Kier molecular flexibility index (Phi) is 10.1. The van der Waals surface area contributed by atoms with Gasteiger partial charge >= 0.3 is 10.2 Å². The van der Waals surface area contributed by atoms with Crippen molar-refractivity contribution in [3.8, 4) is 11.5 Å². The van der Waals surface area contributed by atoms with Gasteiger partial charge in [-0.15, -0.1) is 11.3 Å². The van der Waals surface area contributed by atoms with Gasteiger partial charge in [0.2, 0.25) is 0 Å². The summed E-state index contributed by atoms with van der Waals surface area (Å²) in [6.45, 7) is 2.37. The van der Waals surface area contributed by atoms with Crippen molar-refractivity contribution in [3.63, 3.8) is 0 Å². The number of carbonyl (C=O) groups is 2. The Labute approximate surface area is 248 Å². The molecule has 42 heavy (non-hydrogen) atoms. The van der Waals surface area contributed by atoms with Crippen LogP contribution in [0.2, 0.25) is 0 Å². The van der Waals surface area contributed by atoms with Gasteiger partial charge in [0.05, 0.1) is 20.8 Å². The maximum absolute atomic E-state index is 13.8. The lowest BCUT2D eigenvalue weighted by molar-refractivity contribution is 0.0740. The molecule has 220 valence electrons. The lowest BCUT2D eigenvalue weighted by Crippen LogP contribution is -2.36. The van der Waals surface area contributed by atoms with Crippen molar-refractivity contribution in [1.82, 2.24) is 19.6 Å². The second-order valence-electron chi connectivity index (χ2n) is 9.20. The van der Waals surface area contributed by atoms with Crippen LogP contribution in [0.5, 0.6) is 11.5 Å². The number of hydrogen-bond donors (Lipinski definition) is 2. The Morgan fingerprint density at radius 1 is 1.00 bits per heavy atom. The fraction of sp³-hybridized carbons (Fsp3) is 0.241. The number of aromatic nitrogens is 2. The molecule has 0 aliphatic carbocycles. The number of rotatable bonds is 13. The number of nitrogens with one attached hydrogen (secondary N) is 2. The Balaban J connectivity index is 1.51. The minimum absolute atomic E-state index is 0.0609. The molecular formula is C29H31N5O6S2. The third kappa shape index (κ3) is 8.04. The van der Waals surface area contributed by atoms with Gasteiger partial charge < -0.3 is 14.4 Å². The van der Waals surface area contributed by atoms with Crippen LogP contribution in [0.15, 0.2) is 72.2 Å². The maximum atomic E-state index is 13.8. The summed E-state index contributed by atoms with van der Waals surface area (Å²) in [6, 6.07) is 18.0. The molecule has 0 aliphatic rings. The van der Waals surface area contributed by atoms with Gasteiger partial charge in [-0.1, -0.05) is 36.4 Å². The molecule has 0 spiro atoms. The van der Waals surface area contributed by atoms with Gasteiger partial charge in [-0.3, -0.25) is 14.3 Å². The maximum Gasteiger partial charge on any atom is 0.325 e. The zero-order chi connectivity index (χ0) is 30.1. The number of benzene rings is 2. The van der Waals surface area contributed by atoms with Crippen LogP contribution in [0.25, 0.3) is 0 Å². The van der Waals surface area contributed by atoms with Crippen LogP contribution in [-0.4, -0.2) is 55.9 Å². The number of methoxy groups -OCH3 is 2. The van der Waals surface area contributed by atoms with Gasteiger partial charge in [-0.05, 0) is 49.6 Å². The summed E-state index contributed by atoms with van der Waals surface area (Å²) in [5.41, 5.74) is 2.22. The number of ether oxygens (including phenoxy) is 2. The van der Waals surface area contributed by atoms with Crippen molar-refractivity contribution in [1.29, 1.82) is 0 Å². The van der Waals surface area contributed by atoms with E-state index in [9.17, 15) is 18.0 Å². The fourth-order valence-electron chi connectivity index (χ4n) is 4.17. The minimum Gasteiger partial charge on any atom is -0.496 e. The predicted molar refractivity (Wildman–Crippen MR) is 160 cm³/mol. The van der Waals surface area contributed by atoms with E-state index in [0.29, 0.717) is 35.0 Å². The second kappa shape index (κ2) is 13.9. The predicted octanol–water partition coefficient (Wildman–Crippen LogP) is 4.23. The molecule has 0 atom stereocenters. The quantitative estimate of drug-likeness (QED) is 0.230. The fourth-order valence-corrected chi connectivity index (χ4v) is 5.76. The number of hydrogen-bond acceptors (Lipinski definition) is 9. The average molecular weight is 610 g/mol. The number of aryl methyl sites for hydroxylation is 1. The van der Waals surface area contributed by atoms with Crippen molar-refractivity contribution < 1.29 is 27.5 Å². The summed E-state index contributed by atoms with van der Waals surface area (Å²) in [5, 5.41) is 1.92. The van der Waals surface area contributed by atoms with E-state index in [-0.39, 0.29) is 24.0 Å². The van der Waals surface area contributed by atoms with Crippen molar-refractivity contribution >= 4 is 39.2 Å². The molecule has 0 aliphatic heterocycles. The van der Waals surface area contributed by atoms with Gasteiger partial charge in [0.25, 0.3) is 11.8 Å². The molecule has 0 saturated carbocycles. The lowest BCUT2D eigenvalue weighted by Gasteiger charge is -2.23. The van der Waals surface area contributed by atoms with Crippen LogP contribution in [0.4, 0.5) is 5.82 Å². The average Bonchev–Trinajstić information content (AvgIpc) is 3.46. The summed E-state index contributed by atoms with van der Waals surface area (Å²) in [7, 11) is -1.18. The molecule has 2 amide bonds. The first-order chi connectivity index (χ1) is 20.2.